The Morgan fingerprint density at radius 3 is 2.81 bits per heavy atom. The summed E-state index contributed by atoms with van der Waals surface area (Å²) in [5.41, 5.74) is 14.1. The van der Waals surface area contributed by atoms with E-state index >= 15 is 0 Å². The highest BCUT2D eigenvalue weighted by Crippen LogP contribution is 2.43. The van der Waals surface area contributed by atoms with Crippen LogP contribution < -0.4 is 5.73 Å². The maximum atomic E-state index is 6.03. The van der Waals surface area contributed by atoms with Crippen LogP contribution in [0.25, 0.3) is 16.9 Å². The number of rotatable bonds is 0. The average Bonchev–Trinajstić information content (AvgIpc) is 2.78. The van der Waals surface area contributed by atoms with Crippen LogP contribution in [0.1, 0.15) is 30.7 Å². The molecule has 2 aromatic heterocycles. The largest absolute Gasteiger partial charge is 0.398 e. The lowest BCUT2D eigenvalue weighted by atomic mass is 9.73. The van der Waals surface area contributed by atoms with Gasteiger partial charge in [0.15, 0.2) is 0 Å². The minimum atomic E-state index is 0.109. The van der Waals surface area contributed by atoms with Crippen LogP contribution in [-0.4, -0.2) is 9.38 Å². The minimum absolute atomic E-state index is 0.109. The molecular formula is C18H19N3. The first-order valence-corrected chi connectivity index (χ1v) is 7.34. The third-order valence-corrected chi connectivity index (χ3v) is 4.54. The van der Waals surface area contributed by atoms with E-state index in [9.17, 15) is 0 Å². The van der Waals surface area contributed by atoms with Gasteiger partial charge in [-0.15, -0.1) is 0 Å². The summed E-state index contributed by atoms with van der Waals surface area (Å²) in [7, 11) is 0. The molecule has 0 saturated heterocycles. The summed E-state index contributed by atoms with van der Waals surface area (Å²) in [6.45, 7) is 6.67. The van der Waals surface area contributed by atoms with E-state index in [1.165, 1.54) is 16.8 Å². The van der Waals surface area contributed by atoms with Crippen molar-refractivity contribution in [2.75, 3.05) is 5.73 Å². The number of nitrogens with zero attached hydrogens (tertiary/aromatic N) is 2. The summed E-state index contributed by atoms with van der Waals surface area (Å²) in [5, 5.41) is 0. The topological polar surface area (TPSA) is 43.3 Å². The lowest BCUT2D eigenvalue weighted by Crippen LogP contribution is -2.26. The van der Waals surface area contributed by atoms with E-state index in [-0.39, 0.29) is 5.41 Å². The van der Waals surface area contributed by atoms with Gasteiger partial charge in [-0.05, 0) is 36.0 Å². The maximum absolute atomic E-state index is 6.03. The number of anilines is 1. The molecule has 0 bridgehead atoms. The van der Waals surface area contributed by atoms with Crippen LogP contribution in [0, 0.1) is 6.92 Å². The van der Waals surface area contributed by atoms with Gasteiger partial charge in [0.05, 0.1) is 11.4 Å². The molecule has 3 aromatic rings. The lowest BCUT2D eigenvalue weighted by molar-refractivity contribution is 0.508. The van der Waals surface area contributed by atoms with Gasteiger partial charge in [-0.25, -0.2) is 4.98 Å². The molecule has 3 nitrogen and oxygen atoms in total. The molecule has 0 amide bonds. The fourth-order valence-corrected chi connectivity index (χ4v) is 3.56. The zero-order valence-corrected chi connectivity index (χ0v) is 12.6. The zero-order chi connectivity index (χ0) is 14.8. The van der Waals surface area contributed by atoms with Gasteiger partial charge < -0.3 is 10.1 Å². The summed E-state index contributed by atoms with van der Waals surface area (Å²) < 4.78 is 2.18. The predicted molar refractivity (Wildman–Crippen MR) is 86.5 cm³/mol. The summed E-state index contributed by atoms with van der Waals surface area (Å²) in [4.78, 5) is 4.91. The van der Waals surface area contributed by atoms with E-state index in [4.69, 9.17) is 10.7 Å². The first-order chi connectivity index (χ1) is 9.97. The Labute approximate surface area is 124 Å². The number of fused-ring (bicyclic) bond motifs is 5. The van der Waals surface area contributed by atoms with Crippen molar-refractivity contribution in [2.24, 2.45) is 0 Å². The van der Waals surface area contributed by atoms with Crippen molar-refractivity contribution < 1.29 is 0 Å². The number of nitrogens with two attached hydrogens (primary N) is 1. The zero-order valence-electron chi connectivity index (χ0n) is 12.6. The molecule has 21 heavy (non-hydrogen) atoms. The number of pyridine rings is 1. The van der Waals surface area contributed by atoms with Crippen molar-refractivity contribution in [3.63, 3.8) is 0 Å². The van der Waals surface area contributed by atoms with Gasteiger partial charge in [0, 0.05) is 17.4 Å². The number of hydrogen-bond donors (Lipinski definition) is 1. The van der Waals surface area contributed by atoms with Gasteiger partial charge in [-0.1, -0.05) is 38.1 Å². The fourth-order valence-electron chi connectivity index (χ4n) is 3.56. The Balaban J connectivity index is 2.13. The molecule has 1 aliphatic carbocycles. The smallest absolute Gasteiger partial charge is 0.140 e. The van der Waals surface area contributed by atoms with E-state index in [0.29, 0.717) is 0 Å². The van der Waals surface area contributed by atoms with Crippen molar-refractivity contribution in [2.45, 2.75) is 32.6 Å². The van der Waals surface area contributed by atoms with E-state index in [2.05, 4.69) is 49.4 Å². The molecule has 0 radical (unpaired) electrons. The standard InChI is InChI=1S/C18H19N3/c1-11-8-12(19)10-21-15-9-18(2,3)14-7-5-4-6-13(14)16(15)20-17(11)21/h4-8,10H,9,19H2,1-3H3. The van der Waals surface area contributed by atoms with E-state index in [0.717, 1.165) is 29.0 Å². The number of hydrogen-bond acceptors (Lipinski definition) is 2. The van der Waals surface area contributed by atoms with Crippen LogP contribution in [0.4, 0.5) is 5.69 Å². The quantitative estimate of drug-likeness (QED) is 0.680. The van der Waals surface area contributed by atoms with Crippen LogP contribution in [0.15, 0.2) is 36.5 Å². The molecule has 1 aliphatic rings. The van der Waals surface area contributed by atoms with Crippen LogP contribution in [-0.2, 0) is 11.8 Å². The Bertz CT molecular complexity index is 872. The van der Waals surface area contributed by atoms with Crippen LogP contribution in [0.5, 0.6) is 0 Å². The molecule has 0 fully saturated rings. The molecule has 0 saturated carbocycles. The van der Waals surface area contributed by atoms with Crippen LogP contribution in [0.2, 0.25) is 0 Å². The van der Waals surface area contributed by atoms with E-state index in [1.54, 1.807) is 0 Å². The predicted octanol–water partition coefficient (Wildman–Crippen LogP) is 3.73. The number of benzene rings is 1. The molecular weight excluding hydrogens is 258 g/mol. The number of imidazole rings is 1. The van der Waals surface area contributed by atoms with Crippen molar-refractivity contribution in [3.8, 4) is 11.3 Å². The van der Waals surface area contributed by atoms with E-state index in [1.807, 2.05) is 12.3 Å². The third kappa shape index (κ3) is 1.63. The summed E-state index contributed by atoms with van der Waals surface area (Å²) in [6.07, 6.45) is 2.97. The highest BCUT2D eigenvalue weighted by atomic mass is 15.0. The van der Waals surface area contributed by atoms with Gasteiger partial charge in [0.1, 0.15) is 5.65 Å². The molecule has 0 spiro atoms. The van der Waals surface area contributed by atoms with Gasteiger partial charge in [-0.2, -0.15) is 0 Å². The van der Waals surface area contributed by atoms with Crippen molar-refractivity contribution >= 4 is 11.3 Å². The Morgan fingerprint density at radius 2 is 2.00 bits per heavy atom. The molecule has 4 rings (SSSR count). The molecule has 106 valence electrons. The molecule has 1 aromatic carbocycles. The van der Waals surface area contributed by atoms with Crippen LogP contribution >= 0.6 is 0 Å². The Morgan fingerprint density at radius 1 is 1.24 bits per heavy atom. The Kier molecular flexibility index (Phi) is 2.30. The fraction of sp³-hybridized carbons (Fsp3) is 0.278. The summed E-state index contributed by atoms with van der Waals surface area (Å²) >= 11 is 0. The van der Waals surface area contributed by atoms with Gasteiger partial charge in [0.25, 0.3) is 0 Å². The molecule has 2 heterocycles. The normalized spacial score (nSPS) is 15.8. The first kappa shape index (κ1) is 12.5. The second kappa shape index (κ2) is 3.88. The second-order valence-corrected chi connectivity index (χ2v) is 6.66. The maximum Gasteiger partial charge on any atom is 0.140 e. The van der Waals surface area contributed by atoms with Crippen LogP contribution in [0.3, 0.4) is 0 Å². The van der Waals surface area contributed by atoms with Crippen molar-refractivity contribution in [1.29, 1.82) is 0 Å². The summed E-state index contributed by atoms with van der Waals surface area (Å²) in [6, 6.07) is 10.6. The molecule has 0 aliphatic heterocycles. The second-order valence-electron chi connectivity index (χ2n) is 6.66. The molecule has 0 unspecified atom stereocenters. The monoisotopic (exact) mass is 277 g/mol. The first-order valence-electron chi connectivity index (χ1n) is 7.34. The SMILES string of the molecule is Cc1cc(N)cn2c3c(nc12)-c1ccccc1C(C)(C)C3. The average molecular weight is 277 g/mol. The minimum Gasteiger partial charge on any atom is -0.398 e. The van der Waals surface area contributed by atoms with E-state index < -0.39 is 0 Å². The van der Waals surface area contributed by atoms with Gasteiger partial charge in [-0.3, -0.25) is 0 Å². The molecule has 0 atom stereocenters. The van der Waals surface area contributed by atoms with Gasteiger partial charge in [0.2, 0.25) is 0 Å². The summed E-state index contributed by atoms with van der Waals surface area (Å²) in [5.74, 6) is 0. The highest BCUT2D eigenvalue weighted by molar-refractivity contribution is 5.75. The Hall–Kier alpha value is -2.29. The van der Waals surface area contributed by atoms with Gasteiger partial charge >= 0.3 is 0 Å². The van der Waals surface area contributed by atoms with Crippen molar-refractivity contribution in [1.82, 2.24) is 9.38 Å². The molecule has 3 heteroatoms. The number of aryl methyl sites for hydroxylation is 1. The van der Waals surface area contributed by atoms with Crippen molar-refractivity contribution in [3.05, 3.63) is 53.3 Å². The molecule has 2 N–H and O–H groups in total. The highest BCUT2D eigenvalue weighted by Gasteiger charge is 2.33. The number of nitrogen functional groups attached to an aromatic ring is 1. The third-order valence-electron chi connectivity index (χ3n) is 4.54. The number of aromatic nitrogens is 2. The lowest BCUT2D eigenvalue weighted by Gasteiger charge is -2.32.